The molecule has 30 heavy (non-hydrogen) atoms. The van der Waals surface area contributed by atoms with E-state index < -0.39 is 24.6 Å². The van der Waals surface area contributed by atoms with E-state index in [1.54, 1.807) is 71.0 Å². The zero-order valence-corrected chi connectivity index (χ0v) is 19.6. The summed E-state index contributed by atoms with van der Waals surface area (Å²) in [5.41, 5.74) is 1.81. The van der Waals surface area contributed by atoms with Crippen LogP contribution in [-0.4, -0.2) is 33.4 Å². The topological polar surface area (TPSA) is 97.4 Å². The van der Waals surface area contributed by atoms with Gasteiger partial charge >= 0.3 is 0 Å². The van der Waals surface area contributed by atoms with Crippen LogP contribution in [0, 0.1) is 0 Å². The van der Waals surface area contributed by atoms with Gasteiger partial charge in [-0.05, 0) is 57.9 Å². The number of Topliss-reactive ketones (excluding diaryl/α,β-unsaturated/α-hetero) is 1. The first kappa shape index (κ1) is 24.2. The summed E-state index contributed by atoms with van der Waals surface area (Å²) in [4.78, 5) is 12.7. The first-order valence-electron chi connectivity index (χ1n) is 9.67. The Balaban J connectivity index is 2.08. The summed E-state index contributed by atoms with van der Waals surface area (Å²) in [6.45, 7) is 8.48. The Hall–Kier alpha value is -2.03. The molecule has 0 fully saturated rings. The van der Waals surface area contributed by atoms with Gasteiger partial charge in [0.15, 0.2) is 15.6 Å². The van der Waals surface area contributed by atoms with Crippen molar-refractivity contribution in [3.63, 3.8) is 0 Å². The van der Waals surface area contributed by atoms with Crippen LogP contribution in [0.1, 0.15) is 56.1 Å². The van der Waals surface area contributed by atoms with Crippen LogP contribution in [0.3, 0.4) is 0 Å². The van der Waals surface area contributed by atoms with E-state index in [1.165, 1.54) is 12.1 Å². The van der Waals surface area contributed by atoms with E-state index in [0.29, 0.717) is 16.7 Å². The molecule has 0 atom stereocenters. The van der Waals surface area contributed by atoms with Gasteiger partial charge in [-0.1, -0.05) is 36.4 Å². The van der Waals surface area contributed by atoms with Crippen molar-refractivity contribution in [2.75, 3.05) is 0 Å². The maximum absolute atomic E-state index is 12.5. The molecule has 0 saturated carbocycles. The van der Waals surface area contributed by atoms with E-state index in [9.17, 15) is 21.6 Å². The quantitative estimate of drug-likeness (QED) is 0.620. The fourth-order valence-electron chi connectivity index (χ4n) is 2.68. The van der Waals surface area contributed by atoms with Crippen LogP contribution in [0.2, 0.25) is 0 Å². The molecule has 2 rings (SSSR count). The minimum Gasteiger partial charge on any atom is -0.294 e. The predicted molar refractivity (Wildman–Crippen MR) is 119 cm³/mol. The summed E-state index contributed by atoms with van der Waals surface area (Å²) in [7, 11) is -6.87. The second-order valence-corrected chi connectivity index (χ2v) is 13.0. The lowest BCUT2D eigenvalue weighted by atomic mass is 10.0. The molecule has 0 aromatic heterocycles. The van der Waals surface area contributed by atoms with Gasteiger partial charge in [0, 0.05) is 18.0 Å². The highest BCUT2D eigenvalue weighted by atomic mass is 32.2. The van der Waals surface area contributed by atoms with Gasteiger partial charge in [0.25, 0.3) is 0 Å². The molecule has 0 amide bonds. The molecular formula is C22H29NO5S2. The highest BCUT2D eigenvalue weighted by Crippen LogP contribution is 2.21. The number of nitrogens with one attached hydrogen (secondary N) is 1. The Morgan fingerprint density at radius 3 is 1.83 bits per heavy atom. The van der Waals surface area contributed by atoms with Crippen LogP contribution >= 0.6 is 0 Å². The van der Waals surface area contributed by atoms with Crippen LogP contribution in [0.5, 0.6) is 0 Å². The molecule has 0 aliphatic rings. The van der Waals surface area contributed by atoms with Crippen molar-refractivity contribution in [1.82, 2.24) is 4.72 Å². The SMILES string of the molecule is CC(C)NS(=O)(=O)c1ccc(CC(=O)c2ccc(CS(=O)(=O)C(C)(C)C)cc2)cc1. The van der Waals surface area contributed by atoms with Gasteiger partial charge < -0.3 is 0 Å². The number of sulfonamides is 1. The van der Waals surface area contributed by atoms with Crippen molar-refractivity contribution < 1.29 is 21.6 Å². The summed E-state index contributed by atoms with van der Waals surface area (Å²) < 4.78 is 50.7. The standard InChI is InChI=1S/C22H29NO5S2/c1-16(2)23-30(27,28)20-12-8-17(9-13-20)14-21(24)19-10-6-18(7-11-19)15-29(25,26)22(3,4)5/h6-13,16,23H,14-15H2,1-5H3. The van der Waals surface area contributed by atoms with Gasteiger partial charge in [-0.2, -0.15) is 0 Å². The Morgan fingerprint density at radius 1 is 0.867 bits per heavy atom. The molecule has 1 N–H and O–H groups in total. The Morgan fingerprint density at radius 2 is 1.37 bits per heavy atom. The fraction of sp³-hybridized carbons (Fsp3) is 0.409. The predicted octanol–water partition coefficient (Wildman–Crippen LogP) is 3.51. The number of hydrogen-bond acceptors (Lipinski definition) is 5. The van der Waals surface area contributed by atoms with Crippen molar-refractivity contribution in [2.24, 2.45) is 0 Å². The average molecular weight is 452 g/mol. The van der Waals surface area contributed by atoms with E-state index in [0.717, 1.165) is 0 Å². The van der Waals surface area contributed by atoms with E-state index >= 15 is 0 Å². The van der Waals surface area contributed by atoms with Crippen molar-refractivity contribution in [1.29, 1.82) is 0 Å². The summed E-state index contributed by atoms with van der Waals surface area (Å²) in [5.74, 6) is -0.207. The number of rotatable bonds is 8. The number of benzene rings is 2. The first-order chi connectivity index (χ1) is 13.7. The molecule has 0 unspecified atom stereocenters. The van der Waals surface area contributed by atoms with Crippen LogP contribution in [0.4, 0.5) is 0 Å². The molecule has 2 aromatic rings. The molecular weight excluding hydrogens is 422 g/mol. The van der Waals surface area contributed by atoms with Crippen molar-refractivity contribution >= 4 is 25.6 Å². The second-order valence-electron chi connectivity index (χ2n) is 8.59. The third-order valence-electron chi connectivity index (χ3n) is 4.55. The molecule has 0 spiro atoms. The average Bonchev–Trinajstić information content (AvgIpc) is 2.60. The third-order valence-corrected chi connectivity index (χ3v) is 8.81. The van der Waals surface area contributed by atoms with Gasteiger partial charge in [-0.3, -0.25) is 4.79 Å². The zero-order valence-electron chi connectivity index (χ0n) is 18.0. The number of carbonyl (C=O) groups is 1. The Bertz CT molecular complexity index is 1090. The molecule has 2 aromatic carbocycles. The molecule has 0 aliphatic heterocycles. The minimum atomic E-state index is -3.57. The Kier molecular flexibility index (Phi) is 7.27. The smallest absolute Gasteiger partial charge is 0.240 e. The van der Waals surface area contributed by atoms with Gasteiger partial charge in [0.2, 0.25) is 10.0 Å². The van der Waals surface area contributed by atoms with Gasteiger partial charge in [-0.15, -0.1) is 0 Å². The largest absolute Gasteiger partial charge is 0.294 e. The maximum Gasteiger partial charge on any atom is 0.240 e. The molecule has 0 saturated heterocycles. The van der Waals surface area contributed by atoms with Crippen molar-refractivity contribution in [3.05, 3.63) is 65.2 Å². The number of carbonyl (C=O) groups excluding carboxylic acids is 1. The highest BCUT2D eigenvalue weighted by molar-refractivity contribution is 7.92. The minimum absolute atomic E-state index is 0.0781. The lowest BCUT2D eigenvalue weighted by Gasteiger charge is -2.19. The number of sulfone groups is 1. The van der Waals surface area contributed by atoms with Crippen LogP contribution in [-0.2, 0) is 32.0 Å². The van der Waals surface area contributed by atoms with E-state index in [2.05, 4.69) is 4.72 Å². The molecule has 0 bridgehead atoms. The maximum atomic E-state index is 12.5. The Labute approximate surface area is 179 Å². The van der Waals surface area contributed by atoms with Crippen LogP contribution < -0.4 is 4.72 Å². The van der Waals surface area contributed by atoms with Crippen molar-refractivity contribution in [3.8, 4) is 0 Å². The summed E-state index contributed by atoms with van der Waals surface area (Å²) >= 11 is 0. The molecule has 0 heterocycles. The molecule has 0 radical (unpaired) electrons. The molecule has 0 aliphatic carbocycles. The summed E-state index contributed by atoms with van der Waals surface area (Å²) in [6.07, 6.45) is 0.123. The first-order valence-corrected chi connectivity index (χ1v) is 12.8. The molecule has 164 valence electrons. The normalized spacial score (nSPS) is 12.9. The van der Waals surface area contributed by atoms with Gasteiger partial charge in [-0.25, -0.2) is 21.6 Å². The van der Waals surface area contributed by atoms with E-state index in [1.807, 2.05) is 0 Å². The van der Waals surface area contributed by atoms with E-state index in [4.69, 9.17) is 0 Å². The molecule has 6 nitrogen and oxygen atoms in total. The van der Waals surface area contributed by atoms with Crippen LogP contribution in [0.15, 0.2) is 53.4 Å². The highest BCUT2D eigenvalue weighted by Gasteiger charge is 2.29. The second kappa shape index (κ2) is 8.99. The van der Waals surface area contributed by atoms with Crippen molar-refractivity contribution in [2.45, 2.75) is 62.5 Å². The number of ketones is 1. The lowest BCUT2D eigenvalue weighted by molar-refractivity contribution is 0.0993. The van der Waals surface area contributed by atoms with Gasteiger partial charge in [0.1, 0.15) is 0 Å². The van der Waals surface area contributed by atoms with Crippen LogP contribution in [0.25, 0.3) is 0 Å². The van der Waals surface area contributed by atoms with Gasteiger partial charge in [0.05, 0.1) is 15.4 Å². The number of hydrogen-bond donors (Lipinski definition) is 1. The summed E-state index contributed by atoms with van der Waals surface area (Å²) in [5, 5.41) is 0. The van der Waals surface area contributed by atoms with E-state index in [-0.39, 0.29) is 28.9 Å². The monoisotopic (exact) mass is 451 g/mol. The third kappa shape index (κ3) is 6.23. The lowest BCUT2D eigenvalue weighted by Crippen LogP contribution is -2.30. The zero-order chi connectivity index (χ0) is 22.7. The fourth-order valence-corrected chi connectivity index (χ4v) is 4.99. The molecule has 8 heteroatoms. The summed E-state index contributed by atoms with van der Waals surface area (Å²) in [6, 6.07) is 12.6.